The van der Waals surface area contributed by atoms with Gasteiger partial charge in [-0.15, -0.1) is 0 Å². The number of fused-ring (bicyclic) bond motifs is 1. The predicted molar refractivity (Wildman–Crippen MR) is 123 cm³/mol. The van der Waals surface area contributed by atoms with Crippen LogP contribution in [0.4, 0.5) is 5.69 Å². The summed E-state index contributed by atoms with van der Waals surface area (Å²) in [6, 6.07) is 9.79. The molecule has 0 bridgehead atoms. The Kier molecular flexibility index (Phi) is 6.34. The van der Waals surface area contributed by atoms with Crippen LogP contribution in [0.15, 0.2) is 41.3 Å². The van der Waals surface area contributed by atoms with Crippen LogP contribution >= 0.6 is 0 Å². The van der Waals surface area contributed by atoms with E-state index in [2.05, 4.69) is 4.72 Å². The fourth-order valence-electron chi connectivity index (χ4n) is 4.70. The van der Waals surface area contributed by atoms with E-state index in [4.69, 9.17) is 9.47 Å². The van der Waals surface area contributed by atoms with Crippen molar-refractivity contribution in [1.29, 1.82) is 0 Å². The molecule has 9 heteroatoms. The van der Waals surface area contributed by atoms with Gasteiger partial charge in [0.2, 0.25) is 11.8 Å². The van der Waals surface area contributed by atoms with Crippen LogP contribution in [0.3, 0.4) is 0 Å². The molecule has 2 atom stereocenters. The quantitative estimate of drug-likeness (QED) is 0.619. The summed E-state index contributed by atoms with van der Waals surface area (Å²) in [7, 11) is -1.04. The fourth-order valence-corrected chi connectivity index (χ4v) is 6.05. The molecule has 0 spiro atoms. The molecule has 1 saturated heterocycles. The molecule has 1 saturated carbocycles. The van der Waals surface area contributed by atoms with Gasteiger partial charge in [0.15, 0.2) is 0 Å². The zero-order valence-electron chi connectivity index (χ0n) is 19.0. The van der Waals surface area contributed by atoms with Crippen LogP contribution in [0.25, 0.3) is 0 Å². The SMILES string of the molecule is COc1ccc(OC)c(NS(=O)(=O)c2cc(CN3C(=O)C4CCCCC4C3=O)ccc2C)c1. The molecule has 0 aromatic heterocycles. The summed E-state index contributed by atoms with van der Waals surface area (Å²) in [6.45, 7) is 1.76. The summed E-state index contributed by atoms with van der Waals surface area (Å²) in [5.41, 5.74) is 1.37. The monoisotopic (exact) mass is 472 g/mol. The highest BCUT2D eigenvalue weighted by Gasteiger charge is 2.47. The van der Waals surface area contributed by atoms with E-state index < -0.39 is 10.0 Å². The van der Waals surface area contributed by atoms with Crippen LogP contribution in [-0.4, -0.2) is 39.4 Å². The van der Waals surface area contributed by atoms with E-state index in [1.54, 1.807) is 37.3 Å². The number of anilines is 1. The number of carbonyl (C=O) groups is 2. The first-order chi connectivity index (χ1) is 15.7. The van der Waals surface area contributed by atoms with Gasteiger partial charge < -0.3 is 9.47 Å². The van der Waals surface area contributed by atoms with Crippen LogP contribution in [0, 0.1) is 18.8 Å². The minimum Gasteiger partial charge on any atom is -0.497 e. The van der Waals surface area contributed by atoms with E-state index in [1.165, 1.54) is 25.2 Å². The fraction of sp³-hybridized carbons (Fsp3) is 0.417. The molecule has 1 heterocycles. The predicted octanol–water partition coefficient (Wildman–Crippen LogP) is 3.49. The first-order valence-electron chi connectivity index (χ1n) is 10.9. The molecule has 176 valence electrons. The number of imide groups is 1. The van der Waals surface area contributed by atoms with E-state index in [9.17, 15) is 18.0 Å². The third kappa shape index (κ3) is 4.42. The number of hydrogen-bond acceptors (Lipinski definition) is 6. The third-order valence-electron chi connectivity index (χ3n) is 6.47. The summed E-state index contributed by atoms with van der Waals surface area (Å²) < 4.78 is 39.6. The number of ether oxygens (including phenoxy) is 2. The van der Waals surface area contributed by atoms with Gasteiger partial charge in [0, 0.05) is 6.07 Å². The Balaban J connectivity index is 1.61. The van der Waals surface area contributed by atoms with Crippen LogP contribution in [0.1, 0.15) is 36.8 Å². The van der Waals surface area contributed by atoms with E-state index in [-0.39, 0.29) is 40.8 Å². The van der Waals surface area contributed by atoms with Gasteiger partial charge in [0.25, 0.3) is 10.0 Å². The lowest BCUT2D eigenvalue weighted by Gasteiger charge is -2.19. The van der Waals surface area contributed by atoms with Crippen molar-refractivity contribution in [3.8, 4) is 11.5 Å². The van der Waals surface area contributed by atoms with E-state index in [0.29, 0.717) is 22.6 Å². The topological polar surface area (TPSA) is 102 Å². The molecule has 2 aromatic carbocycles. The third-order valence-corrected chi connectivity index (χ3v) is 7.97. The molecular weight excluding hydrogens is 444 g/mol. The highest BCUT2D eigenvalue weighted by Crippen LogP contribution is 2.39. The van der Waals surface area contributed by atoms with Crippen molar-refractivity contribution < 1.29 is 27.5 Å². The average molecular weight is 473 g/mol. The van der Waals surface area contributed by atoms with Gasteiger partial charge in [-0.2, -0.15) is 0 Å². The minimum atomic E-state index is -3.98. The number of carbonyl (C=O) groups excluding carboxylic acids is 2. The normalized spacial score (nSPS) is 20.5. The van der Waals surface area contributed by atoms with Gasteiger partial charge in [-0.1, -0.05) is 25.0 Å². The number of nitrogens with one attached hydrogen (secondary N) is 1. The number of likely N-dealkylation sites (tertiary alicyclic amines) is 1. The number of rotatable bonds is 7. The minimum absolute atomic E-state index is 0.0654. The maximum atomic E-state index is 13.3. The molecule has 33 heavy (non-hydrogen) atoms. The standard InChI is InChI=1S/C24H28N2O6S/c1-15-8-9-16(14-26-23(27)18-6-4-5-7-19(18)24(26)28)12-22(15)33(29,30)25-20-13-17(31-2)10-11-21(20)32-3/h8-13,18-19,25H,4-7,14H2,1-3H3. The molecule has 0 radical (unpaired) electrons. The molecule has 2 aromatic rings. The van der Waals surface area contributed by atoms with Crippen molar-refractivity contribution in [3.63, 3.8) is 0 Å². The molecular formula is C24H28N2O6S. The lowest BCUT2D eigenvalue weighted by atomic mass is 9.81. The second-order valence-electron chi connectivity index (χ2n) is 8.53. The molecule has 2 amide bonds. The highest BCUT2D eigenvalue weighted by molar-refractivity contribution is 7.92. The lowest BCUT2D eigenvalue weighted by molar-refractivity contribution is -0.140. The molecule has 2 fully saturated rings. The number of sulfonamides is 1. The lowest BCUT2D eigenvalue weighted by Crippen LogP contribution is -2.30. The Labute approximate surface area is 193 Å². The molecule has 8 nitrogen and oxygen atoms in total. The Morgan fingerprint density at radius 3 is 2.24 bits per heavy atom. The molecule has 1 N–H and O–H groups in total. The zero-order valence-corrected chi connectivity index (χ0v) is 19.8. The van der Waals surface area contributed by atoms with E-state index >= 15 is 0 Å². The summed E-state index contributed by atoms with van der Waals surface area (Å²) in [4.78, 5) is 27.0. The van der Waals surface area contributed by atoms with Gasteiger partial charge in [0.05, 0.1) is 43.2 Å². The van der Waals surface area contributed by atoms with Crippen molar-refractivity contribution in [3.05, 3.63) is 47.5 Å². The van der Waals surface area contributed by atoms with Gasteiger partial charge in [-0.25, -0.2) is 8.42 Å². The van der Waals surface area contributed by atoms with Crippen LogP contribution in [0.5, 0.6) is 11.5 Å². The summed E-state index contributed by atoms with van der Waals surface area (Å²) in [6.07, 6.45) is 3.40. The number of nitrogens with zero attached hydrogens (tertiary/aromatic N) is 1. The molecule has 4 rings (SSSR count). The Bertz CT molecular complexity index is 1170. The number of amides is 2. The first-order valence-corrected chi connectivity index (χ1v) is 12.4. The van der Waals surface area contributed by atoms with Gasteiger partial charge in [-0.3, -0.25) is 19.2 Å². The van der Waals surface area contributed by atoms with Crippen molar-refractivity contribution in [2.75, 3.05) is 18.9 Å². The number of hydrogen-bond donors (Lipinski definition) is 1. The van der Waals surface area contributed by atoms with Crippen LogP contribution in [-0.2, 0) is 26.2 Å². The first kappa shape index (κ1) is 23.1. The van der Waals surface area contributed by atoms with Gasteiger partial charge in [0.1, 0.15) is 11.5 Å². The second kappa shape index (κ2) is 9.05. The number of benzene rings is 2. The van der Waals surface area contributed by atoms with Gasteiger partial charge in [-0.05, 0) is 49.1 Å². The van der Waals surface area contributed by atoms with Crippen molar-refractivity contribution >= 4 is 27.5 Å². The average Bonchev–Trinajstić information content (AvgIpc) is 3.04. The second-order valence-corrected chi connectivity index (χ2v) is 10.2. The number of methoxy groups -OCH3 is 2. The summed E-state index contributed by atoms with van der Waals surface area (Å²) in [5, 5.41) is 0. The van der Waals surface area contributed by atoms with E-state index in [0.717, 1.165) is 25.7 Å². The molecule has 1 aliphatic carbocycles. The maximum Gasteiger partial charge on any atom is 0.262 e. The molecule has 2 aliphatic rings. The molecule has 2 unspecified atom stereocenters. The van der Waals surface area contributed by atoms with Crippen LogP contribution < -0.4 is 14.2 Å². The Morgan fingerprint density at radius 1 is 0.970 bits per heavy atom. The summed E-state index contributed by atoms with van der Waals surface area (Å²) in [5.74, 6) is 0.0718. The Morgan fingerprint density at radius 2 is 1.64 bits per heavy atom. The zero-order chi connectivity index (χ0) is 23.8. The Hall–Kier alpha value is -3.07. The van der Waals surface area contributed by atoms with Crippen molar-refractivity contribution in [1.82, 2.24) is 4.90 Å². The maximum absolute atomic E-state index is 13.3. The van der Waals surface area contributed by atoms with E-state index in [1.807, 2.05) is 0 Å². The van der Waals surface area contributed by atoms with Gasteiger partial charge >= 0.3 is 0 Å². The largest absolute Gasteiger partial charge is 0.497 e. The smallest absolute Gasteiger partial charge is 0.262 e. The van der Waals surface area contributed by atoms with Crippen molar-refractivity contribution in [2.24, 2.45) is 11.8 Å². The molecule has 1 aliphatic heterocycles. The van der Waals surface area contributed by atoms with Crippen molar-refractivity contribution in [2.45, 2.75) is 44.0 Å². The summed E-state index contributed by atoms with van der Waals surface area (Å²) >= 11 is 0. The number of aryl methyl sites for hydroxylation is 1. The van der Waals surface area contributed by atoms with Crippen LogP contribution in [0.2, 0.25) is 0 Å². The highest BCUT2D eigenvalue weighted by atomic mass is 32.2.